The first-order valence-electron chi connectivity index (χ1n) is 14.9. The lowest BCUT2D eigenvalue weighted by molar-refractivity contribution is 0.101. The van der Waals surface area contributed by atoms with Crippen molar-refractivity contribution in [3.05, 3.63) is 130 Å². The molecule has 0 spiro atoms. The molecule has 0 aliphatic carbocycles. The second kappa shape index (κ2) is 17.8. The van der Waals surface area contributed by atoms with E-state index in [0.29, 0.717) is 29.7 Å². The van der Waals surface area contributed by atoms with Crippen LogP contribution in [0, 0.1) is 46.5 Å². The van der Waals surface area contributed by atoms with Crippen LogP contribution in [0.15, 0.2) is 82.6 Å². The first-order valence-corrected chi connectivity index (χ1v) is 19.8. The van der Waals surface area contributed by atoms with Gasteiger partial charge in [-0.1, -0.05) is 36.4 Å². The van der Waals surface area contributed by atoms with E-state index in [-0.39, 0.29) is 11.1 Å². The third-order valence-corrected chi connectivity index (χ3v) is 9.21. The van der Waals surface area contributed by atoms with Crippen LogP contribution in [-0.4, -0.2) is 57.0 Å². The molecular weight excluding hydrogens is 917 g/mol. The molecule has 0 aliphatic heterocycles. The number of hydrogen-bond donors (Lipinski definition) is 2. The van der Waals surface area contributed by atoms with Crippen molar-refractivity contribution >= 4 is 68.8 Å². The Morgan fingerprint density at radius 2 is 0.850 bits per heavy atom. The molecule has 0 bridgehead atoms. The van der Waals surface area contributed by atoms with Crippen molar-refractivity contribution in [3.8, 4) is 23.0 Å². The highest BCUT2D eigenvalue weighted by Crippen LogP contribution is 2.41. The summed E-state index contributed by atoms with van der Waals surface area (Å²) < 4.78 is 248. The fraction of sp³-hybridized carbons (Fsp3) is 0. The van der Waals surface area contributed by atoms with Crippen molar-refractivity contribution in [2.75, 3.05) is 0 Å². The van der Waals surface area contributed by atoms with Crippen LogP contribution in [-0.2, 0) is 41.5 Å². The molecule has 0 atom stereocenters. The van der Waals surface area contributed by atoms with E-state index >= 15 is 35.1 Å². The molecule has 0 fully saturated rings. The van der Waals surface area contributed by atoms with Crippen LogP contribution in [0.2, 0.25) is 0 Å². The third-order valence-electron chi connectivity index (χ3n) is 7.53. The van der Waals surface area contributed by atoms with Gasteiger partial charge < -0.3 is 9.47 Å². The van der Waals surface area contributed by atoms with E-state index < -0.39 is 143 Å². The minimum Gasteiger partial charge on any atom is -0.450 e. The molecule has 2 N–H and O–H groups in total. The summed E-state index contributed by atoms with van der Waals surface area (Å²) >= 11 is 0. The maximum atomic E-state index is 15.3. The van der Waals surface area contributed by atoms with Gasteiger partial charge in [0, 0.05) is 16.8 Å². The zero-order valence-corrected chi connectivity index (χ0v) is 31.6. The van der Waals surface area contributed by atoms with Gasteiger partial charge in [-0.2, -0.15) is 34.4 Å². The summed E-state index contributed by atoms with van der Waals surface area (Å²) in [6.07, 6.45) is 0. The van der Waals surface area contributed by atoms with Crippen LogP contribution in [0.5, 0.6) is 23.0 Å². The van der Waals surface area contributed by atoms with Crippen molar-refractivity contribution in [2.45, 2.75) is 9.79 Å². The van der Waals surface area contributed by atoms with Crippen LogP contribution in [0.4, 0.5) is 35.1 Å². The molecule has 0 saturated carbocycles. The predicted octanol–water partition coefficient (Wildman–Crippen LogP) is 6.41. The number of fused-ring (bicyclic) bond motifs is 2. The summed E-state index contributed by atoms with van der Waals surface area (Å²) in [5.41, 5.74) is -4.69. The summed E-state index contributed by atoms with van der Waals surface area (Å²) in [6.45, 7) is 0. The van der Waals surface area contributed by atoms with Crippen LogP contribution < -0.4 is 9.47 Å². The first-order chi connectivity index (χ1) is 27.8. The second-order valence-corrected chi connectivity index (χ2v) is 14.8. The van der Waals surface area contributed by atoms with E-state index in [1.807, 2.05) is 0 Å². The van der Waals surface area contributed by atoms with E-state index in [4.69, 9.17) is 34.7 Å². The summed E-state index contributed by atoms with van der Waals surface area (Å²) in [6, 6.07) is 13.3. The number of ketones is 1. The average Bonchev–Trinajstić information content (AvgIpc) is 3.15. The Morgan fingerprint density at radius 1 is 0.467 bits per heavy atom. The van der Waals surface area contributed by atoms with Gasteiger partial charge in [0.1, 0.15) is 22.6 Å². The maximum absolute atomic E-state index is 15.3. The van der Waals surface area contributed by atoms with Gasteiger partial charge in [-0.05, 0) is 41.1 Å². The quantitative estimate of drug-likeness (QED) is 0.0725. The number of rotatable bonds is 8. The van der Waals surface area contributed by atoms with E-state index in [1.165, 1.54) is 24.3 Å². The summed E-state index contributed by atoms with van der Waals surface area (Å²) in [4.78, 5) is 11.1. The molecule has 6 aromatic carbocycles. The number of carbonyl (C=O) groups is 1. The second-order valence-electron chi connectivity index (χ2n) is 11.1. The highest BCUT2D eigenvalue weighted by atomic mass is 32.2. The molecule has 6 rings (SSSR count). The minimum atomic E-state index is -5.20. The molecule has 15 nitrogen and oxygen atoms in total. The molecule has 0 amide bonds. The van der Waals surface area contributed by atoms with Crippen molar-refractivity contribution < 1.29 is 101 Å². The van der Waals surface area contributed by atoms with E-state index in [1.54, 1.807) is 18.2 Å². The predicted molar refractivity (Wildman–Crippen MR) is 183 cm³/mol. The van der Waals surface area contributed by atoms with Gasteiger partial charge in [0.15, 0.2) is 23.3 Å². The Balaban J connectivity index is 0.000000911. The largest absolute Gasteiger partial charge is 0.450 e. The molecule has 316 valence electrons. The maximum Gasteiger partial charge on any atom is 0.425 e. The summed E-state index contributed by atoms with van der Waals surface area (Å²) in [7, 11) is -16.3. The van der Waals surface area contributed by atoms with Crippen molar-refractivity contribution in [1.82, 2.24) is 0 Å². The Labute approximate surface area is 331 Å². The fourth-order valence-corrected chi connectivity index (χ4v) is 6.16. The lowest BCUT2D eigenvalue weighted by Crippen LogP contribution is -2.18. The first kappa shape index (κ1) is 46.3. The number of hydrogen-bond acceptors (Lipinski definition) is 13. The number of ether oxygens (including phenoxy) is 2. The smallest absolute Gasteiger partial charge is 0.425 e. The minimum absolute atomic E-state index is 0.225. The summed E-state index contributed by atoms with van der Waals surface area (Å²) in [5, 5.41) is -0.221. The lowest BCUT2D eigenvalue weighted by atomic mass is 9.99. The molecule has 0 radical (unpaired) electrons. The highest BCUT2D eigenvalue weighted by Gasteiger charge is 2.37. The van der Waals surface area contributed by atoms with Gasteiger partial charge in [-0.25, -0.2) is 17.6 Å². The van der Waals surface area contributed by atoms with Crippen LogP contribution in [0.25, 0.3) is 21.5 Å². The Kier molecular flexibility index (Phi) is 13.8. The van der Waals surface area contributed by atoms with E-state index in [2.05, 4.69) is 0 Å². The van der Waals surface area contributed by atoms with Gasteiger partial charge in [-0.3, -0.25) is 13.9 Å². The molecule has 60 heavy (non-hydrogen) atoms. The number of carbonyl (C=O) groups excluding carboxylic acids is 1. The molecule has 0 aromatic heterocycles. The van der Waals surface area contributed by atoms with Crippen molar-refractivity contribution in [3.63, 3.8) is 0 Å². The summed E-state index contributed by atoms with van der Waals surface area (Å²) in [5.74, 6) is -28.1. The van der Waals surface area contributed by atoms with Crippen LogP contribution in [0.3, 0.4) is 0 Å². The third kappa shape index (κ3) is 9.89. The van der Waals surface area contributed by atoms with E-state index in [9.17, 15) is 30.7 Å². The van der Waals surface area contributed by atoms with Gasteiger partial charge in [0.2, 0.25) is 40.6 Å². The van der Waals surface area contributed by atoms with Gasteiger partial charge >= 0.3 is 21.2 Å². The number of benzene rings is 6. The Bertz CT molecular complexity index is 3130. The number of halogens is 8. The molecular formula is C33H14F8O15S4. The molecule has 27 heteroatoms. The van der Waals surface area contributed by atoms with Crippen LogP contribution in [0.1, 0.15) is 15.9 Å². The molecule has 0 heterocycles. The molecule has 0 aliphatic rings. The fourth-order valence-electron chi connectivity index (χ4n) is 5.11. The molecule has 0 saturated heterocycles. The van der Waals surface area contributed by atoms with Crippen LogP contribution >= 0.6 is 0 Å². The zero-order valence-electron chi connectivity index (χ0n) is 28.3. The van der Waals surface area contributed by atoms with Gasteiger partial charge in [0.05, 0.1) is 9.79 Å². The molecule has 6 aromatic rings. The van der Waals surface area contributed by atoms with Crippen molar-refractivity contribution in [2.24, 2.45) is 0 Å². The van der Waals surface area contributed by atoms with Crippen molar-refractivity contribution in [1.29, 1.82) is 0 Å². The topological polar surface area (TPSA) is 247 Å². The van der Waals surface area contributed by atoms with Gasteiger partial charge in [-0.15, -0.1) is 25.3 Å². The van der Waals surface area contributed by atoms with E-state index in [0.717, 1.165) is 6.07 Å². The monoisotopic (exact) mass is 930 g/mol. The zero-order chi connectivity index (χ0) is 45.2. The molecule has 0 unspecified atom stereocenters. The SMILES string of the molecule is O=C(c1c(F)c(F)c(Oc2cccc3ccccc23)c(F)c1F)c1c(F)c(F)c(Oc2cc(S(=O)(=O)O)cc3cc(S(=O)(=O)O)ccc23)c(F)c1F.O=S(=O)=O.O=S(=O)=O. The highest BCUT2D eigenvalue weighted by molar-refractivity contribution is 7.86. The Morgan fingerprint density at radius 3 is 1.30 bits per heavy atom. The standard InChI is InChI=1S/C33H14F8O9S2.2O3S/c34-23-21(24(35)28(39)32(27(23)38)49-19-7-3-5-13-4-1-2-6-17(13)19)31(42)22-25(36)29(40)33(30(41)26(22)37)50-20-12-16(52(46,47)48)11-14-10-15(51(43,44)45)8-9-18(14)20;2*1-4(2)3/h1-12H,(H,43,44,45)(H,46,47,48);;. The average molecular weight is 931 g/mol. The van der Waals surface area contributed by atoms with Gasteiger partial charge in [0.25, 0.3) is 20.2 Å². The lowest BCUT2D eigenvalue weighted by Gasteiger charge is -2.16. The Hall–Kier alpha value is -6.39. The normalized spacial score (nSPS) is 11.2.